The number of rotatable bonds is 5. The highest BCUT2D eigenvalue weighted by Gasteiger charge is 2.21. The van der Waals surface area contributed by atoms with Gasteiger partial charge in [0.1, 0.15) is 4.88 Å². The van der Waals surface area contributed by atoms with Crippen LogP contribution in [-0.4, -0.2) is 37.8 Å². The molecule has 2 rings (SSSR count). The Morgan fingerprint density at radius 3 is 3.00 bits per heavy atom. The van der Waals surface area contributed by atoms with E-state index in [9.17, 15) is 4.79 Å². The molecule has 2 heterocycles. The fraction of sp³-hybridized carbons (Fsp3) is 0.667. The number of aromatic nitrogens is 1. The molecule has 0 amide bonds. The minimum absolute atomic E-state index is 0.329. The Balaban J connectivity index is 2.13. The van der Waals surface area contributed by atoms with Gasteiger partial charge in [-0.2, -0.15) is 0 Å². The fourth-order valence-corrected chi connectivity index (χ4v) is 3.18. The van der Waals surface area contributed by atoms with Crippen LogP contribution in [0.4, 0.5) is 0 Å². The molecule has 1 aromatic heterocycles. The van der Waals surface area contributed by atoms with Gasteiger partial charge in [-0.1, -0.05) is 0 Å². The lowest BCUT2D eigenvalue weighted by Gasteiger charge is -2.06. The zero-order chi connectivity index (χ0) is 13.0. The number of carbonyl (C=O) groups excluding carboxylic acids is 1. The smallest absolute Gasteiger partial charge is 0.350 e. The van der Waals surface area contributed by atoms with Gasteiger partial charge in [-0.25, -0.2) is 9.78 Å². The largest absolute Gasteiger partial charge is 0.465 e. The monoisotopic (exact) mass is 270 g/mol. The highest BCUT2D eigenvalue weighted by molar-refractivity contribution is 7.13. The highest BCUT2D eigenvalue weighted by Crippen LogP contribution is 2.23. The first-order chi connectivity index (χ1) is 8.74. The Kier molecular flexibility index (Phi) is 4.68. The van der Waals surface area contributed by atoms with Crippen molar-refractivity contribution in [3.05, 3.63) is 15.6 Å². The average Bonchev–Trinajstić information content (AvgIpc) is 2.99. The summed E-state index contributed by atoms with van der Waals surface area (Å²) in [5.74, 6) is -0.329. The maximum Gasteiger partial charge on any atom is 0.350 e. The summed E-state index contributed by atoms with van der Waals surface area (Å²) in [6, 6.07) is 0.483. The lowest BCUT2D eigenvalue weighted by molar-refractivity contribution is 0.0601. The van der Waals surface area contributed by atoms with Crippen molar-refractivity contribution < 1.29 is 14.3 Å². The molecule has 1 aliphatic heterocycles. The maximum absolute atomic E-state index is 11.6. The van der Waals surface area contributed by atoms with Crippen molar-refractivity contribution in [2.45, 2.75) is 31.9 Å². The van der Waals surface area contributed by atoms with Crippen molar-refractivity contribution in [3.63, 3.8) is 0 Å². The number of nitrogens with one attached hydrogen (secondary N) is 1. The first kappa shape index (κ1) is 13.5. The van der Waals surface area contributed by atoms with Gasteiger partial charge < -0.3 is 14.8 Å². The van der Waals surface area contributed by atoms with Gasteiger partial charge in [0.25, 0.3) is 0 Å². The van der Waals surface area contributed by atoms with E-state index in [1.54, 1.807) is 7.11 Å². The Hall–Kier alpha value is -0.980. The van der Waals surface area contributed by atoms with Gasteiger partial charge in [-0.05, 0) is 19.4 Å². The molecule has 1 fully saturated rings. The fourth-order valence-electron chi connectivity index (χ4n) is 2.12. The van der Waals surface area contributed by atoms with Crippen molar-refractivity contribution in [1.29, 1.82) is 0 Å². The summed E-state index contributed by atoms with van der Waals surface area (Å²) in [7, 11) is 2.98. The SMILES string of the molecule is COCc1nc(CC2CCCN2)sc1C(=O)OC. The van der Waals surface area contributed by atoms with Gasteiger partial charge in [0, 0.05) is 19.6 Å². The molecule has 0 aromatic carbocycles. The standard InChI is InChI=1S/C12H18N2O3S/c1-16-7-9-11(12(15)17-2)18-10(14-9)6-8-4-3-5-13-8/h8,13H,3-7H2,1-2H3. The van der Waals surface area contributed by atoms with Crippen molar-refractivity contribution >= 4 is 17.3 Å². The molecule has 1 saturated heterocycles. The summed E-state index contributed by atoms with van der Waals surface area (Å²) in [6.07, 6.45) is 3.26. The van der Waals surface area contributed by atoms with Crippen LogP contribution in [0, 0.1) is 0 Å². The van der Waals surface area contributed by atoms with Gasteiger partial charge in [-0.3, -0.25) is 0 Å². The molecular weight excluding hydrogens is 252 g/mol. The van der Waals surface area contributed by atoms with Crippen LogP contribution in [0.1, 0.15) is 33.2 Å². The third kappa shape index (κ3) is 3.07. The third-order valence-electron chi connectivity index (χ3n) is 2.98. The molecule has 0 aliphatic carbocycles. The second-order valence-corrected chi connectivity index (χ2v) is 5.39. The van der Waals surface area contributed by atoms with Gasteiger partial charge in [0.15, 0.2) is 0 Å². The van der Waals surface area contributed by atoms with Crippen molar-refractivity contribution in [2.75, 3.05) is 20.8 Å². The zero-order valence-electron chi connectivity index (χ0n) is 10.7. The van der Waals surface area contributed by atoms with Crippen LogP contribution in [0.2, 0.25) is 0 Å². The van der Waals surface area contributed by atoms with Gasteiger partial charge in [0.2, 0.25) is 0 Å². The zero-order valence-corrected chi connectivity index (χ0v) is 11.5. The molecule has 18 heavy (non-hydrogen) atoms. The molecule has 1 atom stereocenters. The number of carbonyl (C=O) groups is 1. The first-order valence-electron chi connectivity index (χ1n) is 6.03. The Bertz CT molecular complexity index is 413. The molecule has 1 unspecified atom stereocenters. The Morgan fingerprint density at radius 2 is 2.39 bits per heavy atom. The van der Waals surface area contributed by atoms with E-state index < -0.39 is 0 Å². The van der Waals surface area contributed by atoms with Crippen LogP contribution in [0.3, 0.4) is 0 Å². The van der Waals surface area contributed by atoms with E-state index in [0.717, 1.165) is 18.0 Å². The molecule has 6 heteroatoms. The predicted octanol–water partition coefficient (Wildman–Crippen LogP) is 1.37. The lowest BCUT2D eigenvalue weighted by atomic mass is 10.2. The number of hydrogen-bond donors (Lipinski definition) is 1. The predicted molar refractivity (Wildman–Crippen MR) is 68.9 cm³/mol. The van der Waals surface area contributed by atoms with E-state index in [1.807, 2.05) is 0 Å². The molecular formula is C12H18N2O3S. The number of esters is 1. The summed E-state index contributed by atoms with van der Waals surface area (Å²) in [5.41, 5.74) is 0.683. The first-order valence-corrected chi connectivity index (χ1v) is 6.85. The highest BCUT2D eigenvalue weighted by atomic mass is 32.1. The minimum Gasteiger partial charge on any atom is -0.465 e. The number of nitrogens with zero attached hydrogens (tertiary/aromatic N) is 1. The molecule has 1 aliphatic rings. The average molecular weight is 270 g/mol. The minimum atomic E-state index is -0.329. The summed E-state index contributed by atoms with van der Waals surface area (Å²) >= 11 is 1.41. The van der Waals surface area contributed by atoms with E-state index in [1.165, 1.54) is 31.3 Å². The molecule has 1 aromatic rings. The van der Waals surface area contributed by atoms with E-state index in [2.05, 4.69) is 10.3 Å². The normalized spacial score (nSPS) is 19.1. The van der Waals surface area contributed by atoms with Gasteiger partial charge in [-0.15, -0.1) is 11.3 Å². The second kappa shape index (κ2) is 6.26. The van der Waals surface area contributed by atoms with Gasteiger partial charge >= 0.3 is 5.97 Å². The number of hydrogen-bond acceptors (Lipinski definition) is 6. The van der Waals surface area contributed by atoms with Crippen LogP contribution in [0.5, 0.6) is 0 Å². The number of methoxy groups -OCH3 is 2. The number of thiazole rings is 1. The van der Waals surface area contributed by atoms with Crippen molar-refractivity contribution in [3.8, 4) is 0 Å². The molecule has 0 radical (unpaired) electrons. The van der Waals surface area contributed by atoms with Crippen molar-refractivity contribution in [1.82, 2.24) is 10.3 Å². The maximum atomic E-state index is 11.6. The molecule has 0 spiro atoms. The summed E-state index contributed by atoms with van der Waals surface area (Å²) in [6.45, 7) is 1.42. The molecule has 100 valence electrons. The van der Waals surface area contributed by atoms with Crippen LogP contribution in [0.25, 0.3) is 0 Å². The third-order valence-corrected chi connectivity index (χ3v) is 4.08. The molecule has 5 nitrogen and oxygen atoms in total. The summed E-state index contributed by atoms with van der Waals surface area (Å²) in [5, 5.41) is 4.40. The Morgan fingerprint density at radius 1 is 1.56 bits per heavy atom. The molecule has 0 saturated carbocycles. The van der Waals surface area contributed by atoms with E-state index in [0.29, 0.717) is 23.2 Å². The van der Waals surface area contributed by atoms with E-state index in [4.69, 9.17) is 9.47 Å². The molecule has 1 N–H and O–H groups in total. The lowest BCUT2D eigenvalue weighted by Crippen LogP contribution is -2.23. The van der Waals surface area contributed by atoms with E-state index >= 15 is 0 Å². The van der Waals surface area contributed by atoms with Crippen LogP contribution in [0.15, 0.2) is 0 Å². The van der Waals surface area contributed by atoms with Crippen molar-refractivity contribution in [2.24, 2.45) is 0 Å². The number of ether oxygens (including phenoxy) is 2. The summed E-state index contributed by atoms with van der Waals surface area (Å²) in [4.78, 5) is 16.7. The second-order valence-electron chi connectivity index (χ2n) is 4.31. The van der Waals surface area contributed by atoms with Crippen LogP contribution >= 0.6 is 11.3 Å². The quantitative estimate of drug-likeness (QED) is 0.819. The van der Waals surface area contributed by atoms with Crippen LogP contribution < -0.4 is 5.32 Å². The van der Waals surface area contributed by atoms with Crippen LogP contribution in [-0.2, 0) is 22.5 Å². The van der Waals surface area contributed by atoms with Gasteiger partial charge in [0.05, 0.1) is 24.4 Å². The van der Waals surface area contributed by atoms with E-state index in [-0.39, 0.29) is 5.97 Å². The summed E-state index contributed by atoms with van der Waals surface area (Å²) < 4.78 is 9.83. The topological polar surface area (TPSA) is 60.5 Å². The molecule has 0 bridgehead atoms. The Labute approximate surface area is 111 Å².